The van der Waals surface area contributed by atoms with Gasteiger partial charge in [0, 0.05) is 10.4 Å². The van der Waals surface area contributed by atoms with E-state index >= 15 is 0 Å². The Balaban J connectivity index is 2.37. The highest BCUT2D eigenvalue weighted by molar-refractivity contribution is 7.19. The zero-order valence-electron chi connectivity index (χ0n) is 17.7. The number of thiophene rings is 1. The Morgan fingerprint density at radius 1 is 1.28 bits per heavy atom. The first-order valence-electron chi connectivity index (χ1n) is 9.63. The second-order valence-electron chi connectivity index (χ2n) is 7.24. The number of esters is 1. The van der Waals surface area contributed by atoms with Crippen LogP contribution < -0.4 is 10.3 Å². The normalized spacial score (nSPS) is 11.7. The molecule has 0 amide bonds. The second kappa shape index (κ2) is 7.99. The molecule has 0 spiro atoms. The predicted molar refractivity (Wildman–Crippen MR) is 116 cm³/mol. The van der Waals surface area contributed by atoms with Crippen molar-refractivity contribution in [1.29, 1.82) is 0 Å². The Hall–Kier alpha value is -2.67. The molecule has 0 N–H and O–H groups in total. The molecule has 3 aromatic rings. The fourth-order valence-electron chi connectivity index (χ4n) is 3.59. The van der Waals surface area contributed by atoms with Crippen molar-refractivity contribution in [2.75, 3.05) is 13.7 Å². The lowest BCUT2D eigenvalue weighted by Gasteiger charge is -2.26. The minimum atomic E-state index is -1.17. The molecule has 0 saturated heterocycles. The van der Waals surface area contributed by atoms with E-state index in [9.17, 15) is 9.59 Å². The lowest BCUT2D eigenvalue weighted by molar-refractivity contribution is -0.152. The van der Waals surface area contributed by atoms with Gasteiger partial charge in [-0.3, -0.25) is 9.36 Å². The second-order valence-corrected chi connectivity index (χ2v) is 8.33. The number of nitrogens with zero attached hydrogens (tertiary/aromatic N) is 2. The van der Waals surface area contributed by atoms with Crippen LogP contribution >= 0.6 is 11.3 Å². The van der Waals surface area contributed by atoms with E-state index in [4.69, 9.17) is 9.47 Å². The molecular formula is C22H26N2O4S. The lowest BCUT2D eigenvalue weighted by atomic mass is 10.0. The van der Waals surface area contributed by atoms with Crippen molar-refractivity contribution in [1.82, 2.24) is 9.55 Å². The summed E-state index contributed by atoms with van der Waals surface area (Å²) in [6.45, 7) is 9.18. The summed E-state index contributed by atoms with van der Waals surface area (Å²) in [5, 5.41) is 0.531. The molecule has 7 heteroatoms. The average molecular weight is 415 g/mol. The number of fused-ring (bicyclic) bond motifs is 1. The number of aromatic nitrogens is 2. The molecule has 0 radical (unpaired) electrons. The number of methoxy groups -OCH3 is 1. The van der Waals surface area contributed by atoms with E-state index in [1.165, 1.54) is 15.9 Å². The smallest absolute Gasteiger partial charge is 0.331 e. The Kier molecular flexibility index (Phi) is 5.80. The van der Waals surface area contributed by atoms with Crippen molar-refractivity contribution < 1.29 is 14.3 Å². The van der Waals surface area contributed by atoms with Crippen LogP contribution in [0.4, 0.5) is 0 Å². The highest BCUT2D eigenvalue weighted by Crippen LogP contribution is 2.38. The van der Waals surface area contributed by atoms with Gasteiger partial charge >= 0.3 is 5.97 Å². The third-order valence-corrected chi connectivity index (χ3v) is 6.21. The van der Waals surface area contributed by atoms with Crippen molar-refractivity contribution in [3.8, 4) is 16.9 Å². The maximum absolute atomic E-state index is 13.7. The Morgan fingerprint density at radius 2 is 2.00 bits per heavy atom. The van der Waals surface area contributed by atoms with Crippen LogP contribution in [-0.4, -0.2) is 29.2 Å². The van der Waals surface area contributed by atoms with Crippen LogP contribution in [0.5, 0.6) is 5.75 Å². The predicted octanol–water partition coefficient (Wildman–Crippen LogP) is 4.30. The molecule has 0 atom stereocenters. The number of aryl methyl sites for hydroxylation is 2. The first-order chi connectivity index (χ1) is 13.8. The molecule has 1 aromatic carbocycles. The molecule has 3 rings (SSSR count). The highest BCUT2D eigenvalue weighted by atomic mass is 32.1. The molecule has 0 bridgehead atoms. The first-order valence-corrected chi connectivity index (χ1v) is 10.4. The largest absolute Gasteiger partial charge is 0.497 e. The first kappa shape index (κ1) is 21.0. The number of hydrogen-bond acceptors (Lipinski definition) is 6. The van der Waals surface area contributed by atoms with Gasteiger partial charge in [-0.1, -0.05) is 19.1 Å². The van der Waals surface area contributed by atoms with Crippen LogP contribution in [-0.2, 0) is 21.5 Å². The molecule has 0 aliphatic rings. The number of carbonyl (C=O) groups is 1. The van der Waals surface area contributed by atoms with E-state index in [0.717, 1.165) is 28.2 Å². The lowest BCUT2D eigenvalue weighted by Crippen LogP contribution is -2.45. The summed E-state index contributed by atoms with van der Waals surface area (Å²) < 4.78 is 12.0. The summed E-state index contributed by atoms with van der Waals surface area (Å²) >= 11 is 1.52. The van der Waals surface area contributed by atoms with Crippen molar-refractivity contribution in [2.45, 2.75) is 46.6 Å². The minimum Gasteiger partial charge on any atom is -0.497 e. The number of hydrogen-bond donors (Lipinski definition) is 0. The van der Waals surface area contributed by atoms with Gasteiger partial charge in [0.15, 0.2) is 0 Å². The van der Waals surface area contributed by atoms with Gasteiger partial charge in [0.1, 0.15) is 21.9 Å². The van der Waals surface area contributed by atoms with Gasteiger partial charge in [-0.05, 0) is 51.8 Å². The standard InChI is InChI=1S/C22H26N2O4S/c1-7-16-17(14-10-9-11-15(12-14)27-6)18-19(29-16)23-13(3)24(20(18)25)22(4,5)21(26)28-8-2/h9-12H,7-8H2,1-6H3. The summed E-state index contributed by atoms with van der Waals surface area (Å²) in [6.07, 6.45) is 0.771. The van der Waals surface area contributed by atoms with Gasteiger partial charge in [0.2, 0.25) is 0 Å². The fraction of sp³-hybridized carbons (Fsp3) is 0.409. The number of benzene rings is 1. The van der Waals surface area contributed by atoms with Crippen LogP contribution in [0, 0.1) is 6.92 Å². The van der Waals surface area contributed by atoms with Crippen LogP contribution in [0.15, 0.2) is 29.1 Å². The Morgan fingerprint density at radius 3 is 2.62 bits per heavy atom. The number of carbonyl (C=O) groups excluding carboxylic acids is 1. The molecule has 0 saturated carbocycles. The highest BCUT2D eigenvalue weighted by Gasteiger charge is 2.35. The van der Waals surface area contributed by atoms with Gasteiger partial charge in [-0.15, -0.1) is 11.3 Å². The van der Waals surface area contributed by atoms with E-state index < -0.39 is 11.5 Å². The van der Waals surface area contributed by atoms with Gasteiger partial charge in [0.05, 0.1) is 19.1 Å². The van der Waals surface area contributed by atoms with Crippen molar-refractivity contribution >= 4 is 27.5 Å². The zero-order chi connectivity index (χ0) is 21.3. The quantitative estimate of drug-likeness (QED) is 0.563. The van der Waals surface area contributed by atoms with Crippen LogP contribution in [0.25, 0.3) is 21.3 Å². The molecule has 29 heavy (non-hydrogen) atoms. The minimum absolute atomic E-state index is 0.237. The van der Waals surface area contributed by atoms with Gasteiger partial charge in [-0.2, -0.15) is 0 Å². The van der Waals surface area contributed by atoms with Crippen LogP contribution in [0.3, 0.4) is 0 Å². The number of rotatable bonds is 6. The SMILES string of the molecule is CCOC(=O)C(C)(C)n1c(C)nc2sc(CC)c(-c3cccc(OC)c3)c2c1=O. The van der Waals surface area contributed by atoms with Crippen LogP contribution in [0.1, 0.15) is 38.4 Å². The van der Waals surface area contributed by atoms with E-state index in [-0.39, 0.29) is 12.2 Å². The Labute approximate surface area is 174 Å². The molecule has 0 aliphatic carbocycles. The summed E-state index contributed by atoms with van der Waals surface area (Å²) in [6, 6.07) is 7.65. The number of ether oxygens (including phenoxy) is 2. The molecule has 2 heterocycles. The third-order valence-electron chi connectivity index (χ3n) is 4.98. The third kappa shape index (κ3) is 3.55. The summed E-state index contributed by atoms with van der Waals surface area (Å²) in [7, 11) is 1.62. The topological polar surface area (TPSA) is 70.4 Å². The van der Waals surface area contributed by atoms with E-state index in [1.807, 2.05) is 24.3 Å². The molecular weight excluding hydrogens is 388 g/mol. The maximum atomic E-state index is 13.7. The summed E-state index contributed by atoms with van der Waals surface area (Å²) in [4.78, 5) is 32.7. The summed E-state index contributed by atoms with van der Waals surface area (Å²) in [5.74, 6) is 0.748. The molecule has 0 unspecified atom stereocenters. The molecule has 0 aliphatic heterocycles. The van der Waals surface area contributed by atoms with Crippen LogP contribution in [0.2, 0.25) is 0 Å². The van der Waals surface area contributed by atoms with Gasteiger partial charge in [-0.25, -0.2) is 9.78 Å². The van der Waals surface area contributed by atoms with Crippen molar-refractivity contribution in [3.63, 3.8) is 0 Å². The van der Waals surface area contributed by atoms with Crippen molar-refractivity contribution in [3.05, 3.63) is 45.3 Å². The average Bonchev–Trinajstić information content (AvgIpc) is 3.06. The Bertz CT molecular complexity index is 1130. The summed E-state index contributed by atoms with van der Waals surface area (Å²) in [5.41, 5.74) is 0.352. The van der Waals surface area contributed by atoms with E-state index in [0.29, 0.717) is 16.0 Å². The van der Waals surface area contributed by atoms with Crippen molar-refractivity contribution in [2.24, 2.45) is 0 Å². The van der Waals surface area contributed by atoms with E-state index in [2.05, 4.69) is 11.9 Å². The fourth-order valence-corrected chi connectivity index (χ4v) is 4.76. The van der Waals surface area contributed by atoms with Gasteiger partial charge in [0.25, 0.3) is 5.56 Å². The molecule has 6 nitrogen and oxygen atoms in total. The monoisotopic (exact) mass is 414 g/mol. The molecule has 154 valence electrons. The maximum Gasteiger partial charge on any atom is 0.331 e. The molecule has 2 aromatic heterocycles. The zero-order valence-corrected chi connectivity index (χ0v) is 18.5. The molecule has 0 fully saturated rings. The van der Waals surface area contributed by atoms with E-state index in [1.54, 1.807) is 34.8 Å². The van der Waals surface area contributed by atoms with Gasteiger partial charge < -0.3 is 9.47 Å².